The Bertz CT molecular complexity index is 714. The van der Waals surface area contributed by atoms with Crippen LogP contribution in [0.3, 0.4) is 0 Å². The van der Waals surface area contributed by atoms with E-state index in [1.165, 1.54) is 14.2 Å². The molecule has 0 fully saturated rings. The molecule has 0 radical (unpaired) electrons. The molecule has 1 atom stereocenters. The van der Waals surface area contributed by atoms with Gasteiger partial charge in [0, 0.05) is 23.2 Å². The van der Waals surface area contributed by atoms with Gasteiger partial charge in [-0.15, -0.1) is 0 Å². The molecule has 0 aromatic heterocycles. The summed E-state index contributed by atoms with van der Waals surface area (Å²) < 4.78 is 16.0. The average molecular weight is 370 g/mol. The number of hydrogen-bond acceptors (Lipinski definition) is 4. The maximum Gasteiger partial charge on any atom is 0.265 e. The summed E-state index contributed by atoms with van der Waals surface area (Å²) in [5.41, 5.74) is 0.424. The lowest BCUT2D eigenvalue weighted by molar-refractivity contribution is -0.122. The van der Waals surface area contributed by atoms with Gasteiger partial charge in [0.1, 0.15) is 17.2 Å². The fourth-order valence-electron chi connectivity index (χ4n) is 1.93. The summed E-state index contributed by atoms with van der Waals surface area (Å²) in [4.78, 5) is 12.3. The minimum Gasteiger partial charge on any atom is -0.496 e. The van der Waals surface area contributed by atoms with E-state index in [0.717, 1.165) is 0 Å². The van der Waals surface area contributed by atoms with E-state index in [0.29, 0.717) is 33.0 Å². The zero-order valence-electron chi connectivity index (χ0n) is 13.4. The van der Waals surface area contributed by atoms with Crippen molar-refractivity contribution in [3.05, 3.63) is 46.4 Å². The first-order chi connectivity index (χ1) is 11.4. The van der Waals surface area contributed by atoms with E-state index in [9.17, 15) is 4.79 Å². The molecule has 0 saturated carbocycles. The standard InChI is InChI=1S/C17H17Cl2NO4/c1-10(17(21)20-16-6-11(18)4-5-15(16)19)24-14-8-12(22-2)7-13(9-14)23-3/h4-10H,1-3H3,(H,20,21)/t10-/m1/s1. The minimum absolute atomic E-state index is 0.360. The third-order valence-electron chi connectivity index (χ3n) is 3.19. The molecule has 0 saturated heterocycles. The van der Waals surface area contributed by atoms with E-state index in [4.69, 9.17) is 37.4 Å². The number of halogens is 2. The number of rotatable bonds is 6. The lowest BCUT2D eigenvalue weighted by Crippen LogP contribution is -2.30. The molecule has 0 bridgehead atoms. The Morgan fingerprint density at radius 1 is 1.00 bits per heavy atom. The summed E-state index contributed by atoms with van der Waals surface area (Å²) in [5.74, 6) is 1.22. The van der Waals surface area contributed by atoms with Crippen LogP contribution in [-0.2, 0) is 4.79 Å². The first-order valence-corrected chi connectivity index (χ1v) is 7.84. The van der Waals surface area contributed by atoms with E-state index < -0.39 is 6.10 Å². The predicted octanol–water partition coefficient (Wildman–Crippen LogP) is 4.42. The third-order valence-corrected chi connectivity index (χ3v) is 3.76. The quantitative estimate of drug-likeness (QED) is 0.818. The number of benzene rings is 2. The summed E-state index contributed by atoms with van der Waals surface area (Å²) in [6, 6.07) is 9.86. The lowest BCUT2D eigenvalue weighted by atomic mass is 10.2. The Labute approximate surface area is 150 Å². The highest BCUT2D eigenvalue weighted by Crippen LogP contribution is 2.29. The first kappa shape index (κ1) is 18.2. The van der Waals surface area contributed by atoms with Crippen LogP contribution in [0.2, 0.25) is 10.0 Å². The number of hydrogen-bond donors (Lipinski definition) is 1. The third kappa shape index (κ3) is 4.69. The molecule has 0 heterocycles. The minimum atomic E-state index is -0.767. The highest BCUT2D eigenvalue weighted by Gasteiger charge is 2.17. The number of amides is 1. The highest BCUT2D eigenvalue weighted by molar-refractivity contribution is 6.35. The second kappa shape index (κ2) is 8.13. The zero-order chi connectivity index (χ0) is 17.7. The molecule has 2 rings (SSSR count). The Kier molecular flexibility index (Phi) is 6.17. The Hall–Kier alpha value is -2.11. The first-order valence-electron chi connectivity index (χ1n) is 7.08. The normalized spacial score (nSPS) is 11.5. The molecule has 0 unspecified atom stereocenters. The summed E-state index contributed by atoms with van der Waals surface area (Å²) in [5, 5.41) is 3.55. The second-order valence-corrected chi connectivity index (χ2v) is 5.77. The smallest absolute Gasteiger partial charge is 0.265 e. The Morgan fingerprint density at radius 2 is 1.58 bits per heavy atom. The van der Waals surface area contributed by atoms with Gasteiger partial charge in [0.05, 0.1) is 24.9 Å². The molecule has 0 aliphatic heterocycles. The number of ether oxygens (including phenoxy) is 3. The maximum atomic E-state index is 12.3. The Balaban J connectivity index is 2.10. The van der Waals surface area contributed by atoms with Gasteiger partial charge in [0.25, 0.3) is 5.91 Å². The fraction of sp³-hybridized carbons (Fsp3) is 0.235. The fourth-order valence-corrected chi connectivity index (χ4v) is 2.27. The maximum absolute atomic E-state index is 12.3. The van der Waals surface area contributed by atoms with Crippen LogP contribution in [0.5, 0.6) is 17.2 Å². The number of methoxy groups -OCH3 is 2. The molecular weight excluding hydrogens is 353 g/mol. The van der Waals surface area contributed by atoms with E-state index in [2.05, 4.69) is 5.32 Å². The van der Waals surface area contributed by atoms with Gasteiger partial charge in [0.2, 0.25) is 0 Å². The molecule has 128 valence electrons. The second-order valence-electron chi connectivity index (χ2n) is 4.92. The van der Waals surface area contributed by atoms with Crippen molar-refractivity contribution < 1.29 is 19.0 Å². The van der Waals surface area contributed by atoms with Gasteiger partial charge in [0.15, 0.2) is 6.10 Å². The molecule has 0 aliphatic rings. The van der Waals surface area contributed by atoms with Gasteiger partial charge < -0.3 is 19.5 Å². The van der Waals surface area contributed by atoms with Gasteiger partial charge in [-0.1, -0.05) is 23.2 Å². The average Bonchev–Trinajstić information content (AvgIpc) is 2.57. The monoisotopic (exact) mass is 369 g/mol. The van der Waals surface area contributed by atoms with Gasteiger partial charge in [-0.2, -0.15) is 0 Å². The van der Waals surface area contributed by atoms with Gasteiger partial charge in [-0.05, 0) is 25.1 Å². The zero-order valence-corrected chi connectivity index (χ0v) is 14.9. The summed E-state index contributed by atoms with van der Waals surface area (Å²) in [6.07, 6.45) is -0.767. The largest absolute Gasteiger partial charge is 0.496 e. The van der Waals surface area contributed by atoms with Crippen LogP contribution in [-0.4, -0.2) is 26.2 Å². The van der Waals surface area contributed by atoms with Crippen molar-refractivity contribution in [2.75, 3.05) is 19.5 Å². The van der Waals surface area contributed by atoms with Crippen LogP contribution in [0.4, 0.5) is 5.69 Å². The SMILES string of the molecule is COc1cc(OC)cc(O[C@H](C)C(=O)Nc2cc(Cl)ccc2Cl)c1. The molecule has 24 heavy (non-hydrogen) atoms. The van der Waals surface area contributed by atoms with Crippen LogP contribution in [0, 0.1) is 0 Å². The van der Waals surface area contributed by atoms with Crippen LogP contribution in [0.25, 0.3) is 0 Å². The van der Waals surface area contributed by atoms with Crippen molar-refractivity contribution in [2.24, 2.45) is 0 Å². The van der Waals surface area contributed by atoms with Crippen molar-refractivity contribution in [1.29, 1.82) is 0 Å². The molecule has 1 amide bonds. The molecule has 0 aliphatic carbocycles. The topological polar surface area (TPSA) is 56.8 Å². The van der Waals surface area contributed by atoms with Crippen molar-refractivity contribution in [1.82, 2.24) is 0 Å². The molecule has 2 aromatic rings. The van der Waals surface area contributed by atoms with Crippen LogP contribution >= 0.6 is 23.2 Å². The van der Waals surface area contributed by atoms with E-state index in [-0.39, 0.29) is 5.91 Å². The van der Waals surface area contributed by atoms with Gasteiger partial charge in [-0.25, -0.2) is 0 Å². The number of nitrogens with one attached hydrogen (secondary N) is 1. The molecule has 0 spiro atoms. The lowest BCUT2D eigenvalue weighted by Gasteiger charge is -2.16. The molecular formula is C17H17Cl2NO4. The Morgan fingerprint density at radius 3 is 2.17 bits per heavy atom. The molecule has 7 heteroatoms. The van der Waals surface area contributed by atoms with Crippen molar-refractivity contribution in [3.8, 4) is 17.2 Å². The number of carbonyl (C=O) groups is 1. The van der Waals surface area contributed by atoms with Crippen molar-refractivity contribution in [3.63, 3.8) is 0 Å². The number of anilines is 1. The molecule has 2 aromatic carbocycles. The van der Waals surface area contributed by atoms with E-state index in [1.54, 1.807) is 43.3 Å². The van der Waals surface area contributed by atoms with Gasteiger partial charge >= 0.3 is 0 Å². The highest BCUT2D eigenvalue weighted by atomic mass is 35.5. The molecule has 1 N–H and O–H groups in total. The van der Waals surface area contributed by atoms with Crippen LogP contribution in [0.15, 0.2) is 36.4 Å². The van der Waals surface area contributed by atoms with Gasteiger partial charge in [-0.3, -0.25) is 4.79 Å². The molecule has 5 nitrogen and oxygen atoms in total. The number of carbonyl (C=O) groups excluding carboxylic acids is 1. The van der Waals surface area contributed by atoms with Crippen molar-refractivity contribution in [2.45, 2.75) is 13.0 Å². The van der Waals surface area contributed by atoms with Crippen molar-refractivity contribution >= 4 is 34.8 Å². The van der Waals surface area contributed by atoms with E-state index >= 15 is 0 Å². The summed E-state index contributed by atoms with van der Waals surface area (Å²) >= 11 is 11.9. The van der Waals surface area contributed by atoms with E-state index in [1.807, 2.05) is 0 Å². The summed E-state index contributed by atoms with van der Waals surface area (Å²) in [6.45, 7) is 1.62. The van der Waals surface area contributed by atoms with Crippen LogP contribution in [0.1, 0.15) is 6.92 Å². The summed E-state index contributed by atoms with van der Waals surface area (Å²) in [7, 11) is 3.08. The predicted molar refractivity (Wildman–Crippen MR) is 94.7 cm³/mol. The van der Waals surface area contributed by atoms with Crippen LogP contribution < -0.4 is 19.5 Å².